The topological polar surface area (TPSA) is 162 Å². The standard InChI is InChI=1S/C25H24ClF3N8O3S/c1-23(2,22(39)40)9-11-10-41-21(31-11)24(3)14-16(30)33-18(34-17(14)35-20(24)38)15-12-5-6-13(26)32-19(12)37(36-15)8-4-7-25(27,28)29/h5-6,10H,4,7-9H2,1-3H3,(H,39,40)(H3,30,33,34,35,38)/t24-/m1/s1. The first-order chi connectivity index (χ1) is 19.1. The second-order valence-electron chi connectivity index (χ2n) is 10.5. The molecular formula is C25H24ClF3N8O3S. The molecule has 41 heavy (non-hydrogen) atoms. The lowest BCUT2D eigenvalue weighted by atomic mass is 9.85. The van der Waals surface area contributed by atoms with Gasteiger partial charge in [0.25, 0.3) is 0 Å². The zero-order valence-corrected chi connectivity index (χ0v) is 23.6. The van der Waals surface area contributed by atoms with Crippen LogP contribution in [0.15, 0.2) is 17.5 Å². The number of aromatic nitrogens is 6. The highest BCUT2D eigenvalue weighted by molar-refractivity contribution is 7.10. The number of hydrogen-bond donors (Lipinski definition) is 3. The number of carboxylic acid groups (broad SMARTS) is 1. The second-order valence-corrected chi connectivity index (χ2v) is 11.8. The van der Waals surface area contributed by atoms with Crippen LogP contribution in [-0.4, -0.2) is 52.9 Å². The maximum Gasteiger partial charge on any atom is 0.389 e. The Bertz CT molecular complexity index is 1700. The van der Waals surface area contributed by atoms with E-state index < -0.39 is 35.3 Å². The Balaban J connectivity index is 1.53. The summed E-state index contributed by atoms with van der Waals surface area (Å²) in [6.07, 6.45) is -5.38. The van der Waals surface area contributed by atoms with Crippen LogP contribution in [0, 0.1) is 5.41 Å². The number of aliphatic carboxylic acids is 1. The van der Waals surface area contributed by atoms with Gasteiger partial charge >= 0.3 is 12.1 Å². The Morgan fingerprint density at radius 3 is 2.63 bits per heavy atom. The molecule has 16 heteroatoms. The monoisotopic (exact) mass is 608 g/mol. The van der Waals surface area contributed by atoms with Crippen molar-refractivity contribution >= 4 is 57.5 Å². The predicted octanol–water partition coefficient (Wildman–Crippen LogP) is 4.83. The smallest absolute Gasteiger partial charge is 0.389 e. The number of carboxylic acids is 1. The lowest BCUT2D eigenvalue weighted by molar-refractivity contribution is -0.146. The molecule has 0 saturated carbocycles. The minimum absolute atomic E-state index is 0.0184. The van der Waals surface area contributed by atoms with Gasteiger partial charge in [-0.2, -0.15) is 18.3 Å². The Morgan fingerprint density at radius 2 is 1.95 bits per heavy atom. The number of carbonyl (C=O) groups is 2. The van der Waals surface area contributed by atoms with Gasteiger partial charge in [-0.05, 0) is 39.3 Å². The average molecular weight is 609 g/mol. The van der Waals surface area contributed by atoms with Gasteiger partial charge in [-0.15, -0.1) is 11.3 Å². The number of thiazole rings is 1. The molecule has 0 aromatic carbocycles. The van der Waals surface area contributed by atoms with E-state index in [0.717, 1.165) is 0 Å². The molecule has 1 atom stereocenters. The molecule has 0 bridgehead atoms. The molecule has 0 unspecified atom stereocenters. The summed E-state index contributed by atoms with van der Waals surface area (Å²) in [5.41, 5.74) is 5.28. The van der Waals surface area contributed by atoms with Crippen LogP contribution in [0.4, 0.5) is 24.8 Å². The van der Waals surface area contributed by atoms with Crippen molar-refractivity contribution in [3.63, 3.8) is 0 Å². The molecule has 11 nitrogen and oxygen atoms in total. The first-order valence-electron chi connectivity index (χ1n) is 12.4. The number of hydrogen-bond acceptors (Lipinski definition) is 9. The summed E-state index contributed by atoms with van der Waals surface area (Å²) < 4.78 is 39.5. The van der Waals surface area contributed by atoms with Gasteiger partial charge in [0.2, 0.25) is 5.91 Å². The number of amides is 1. The van der Waals surface area contributed by atoms with Crippen molar-refractivity contribution in [1.29, 1.82) is 0 Å². The normalized spacial score (nSPS) is 17.2. The number of halogens is 4. The fourth-order valence-electron chi connectivity index (χ4n) is 4.64. The summed E-state index contributed by atoms with van der Waals surface area (Å²) in [5, 5.41) is 19.3. The molecule has 5 heterocycles. The Morgan fingerprint density at radius 1 is 1.22 bits per heavy atom. The minimum Gasteiger partial charge on any atom is -0.481 e. The van der Waals surface area contributed by atoms with Gasteiger partial charge in [0.1, 0.15) is 32.9 Å². The highest BCUT2D eigenvalue weighted by Crippen LogP contribution is 2.46. The fraction of sp³-hybridized carbons (Fsp3) is 0.400. The molecule has 4 aromatic rings. The summed E-state index contributed by atoms with van der Waals surface area (Å²) in [4.78, 5) is 42.6. The number of pyridine rings is 1. The summed E-state index contributed by atoms with van der Waals surface area (Å²) >= 11 is 7.25. The number of fused-ring (bicyclic) bond motifs is 2. The number of alkyl halides is 3. The number of anilines is 2. The lowest BCUT2D eigenvalue weighted by Gasteiger charge is -2.20. The third kappa shape index (κ3) is 5.19. The molecule has 0 radical (unpaired) electrons. The number of aryl methyl sites for hydroxylation is 1. The molecule has 4 N–H and O–H groups in total. The molecule has 1 aliphatic rings. The minimum atomic E-state index is -4.32. The zero-order valence-electron chi connectivity index (χ0n) is 22.0. The first kappa shape index (κ1) is 28.7. The number of nitrogens with one attached hydrogen (secondary N) is 1. The van der Waals surface area contributed by atoms with Crippen LogP contribution in [0.5, 0.6) is 0 Å². The van der Waals surface area contributed by atoms with Crippen molar-refractivity contribution < 1.29 is 27.9 Å². The highest BCUT2D eigenvalue weighted by atomic mass is 35.5. The summed E-state index contributed by atoms with van der Waals surface area (Å²) in [5.74, 6) is -1.25. The van der Waals surface area contributed by atoms with Crippen LogP contribution >= 0.6 is 22.9 Å². The number of rotatable bonds is 8. The fourth-order valence-corrected chi connectivity index (χ4v) is 5.77. The first-order valence-corrected chi connectivity index (χ1v) is 13.6. The molecule has 1 amide bonds. The van der Waals surface area contributed by atoms with E-state index in [4.69, 9.17) is 17.3 Å². The number of carbonyl (C=O) groups excluding carboxylic acids is 1. The molecular weight excluding hydrogens is 585 g/mol. The van der Waals surface area contributed by atoms with Crippen molar-refractivity contribution in [2.24, 2.45) is 5.41 Å². The van der Waals surface area contributed by atoms with Crippen LogP contribution in [-0.2, 0) is 28.0 Å². The van der Waals surface area contributed by atoms with Crippen molar-refractivity contribution in [2.45, 2.75) is 58.2 Å². The van der Waals surface area contributed by atoms with E-state index in [-0.39, 0.29) is 53.3 Å². The third-order valence-electron chi connectivity index (χ3n) is 6.91. The summed E-state index contributed by atoms with van der Waals surface area (Å²) in [6.45, 7) is 4.73. The molecule has 1 aliphatic heterocycles. The van der Waals surface area contributed by atoms with Gasteiger partial charge < -0.3 is 16.2 Å². The maximum atomic E-state index is 13.3. The Kier molecular flexibility index (Phi) is 6.93. The van der Waals surface area contributed by atoms with Crippen molar-refractivity contribution in [2.75, 3.05) is 11.1 Å². The lowest BCUT2D eigenvalue weighted by Crippen LogP contribution is -2.33. The van der Waals surface area contributed by atoms with E-state index >= 15 is 0 Å². The van der Waals surface area contributed by atoms with Crippen molar-refractivity contribution in [3.05, 3.63) is 38.9 Å². The van der Waals surface area contributed by atoms with E-state index in [0.29, 0.717) is 21.7 Å². The maximum absolute atomic E-state index is 13.3. The summed E-state index contributed by atoms with van der Waals surface area (Å²) in [7, 11) is 0. The predicted molar refractivity (Wildman–Crippen MR) is 146 cm³/mol. The van der Waals surface area contributed by atoms with E-state index in [1.54, 1.807) is 32.2 Å². The van der Waals surface area contributed by atoms with Gasteiger partial charge in [-0.25, -0.2) is 24.6 Å². The zero-order chi connectivity index (χ0) is 29.9. The highest BCUT2D eigenvalue weighted by Gasteiger charge is 2.50. The van der Waals surface area contributed by atoms with Crippen LogP contribution in [0.25, 0.3) is 22.6 Å². The van der Waals surface area contributed by atoms with Crippen LogP contribution in [0.3, 0.4) is 0 Å². The Labute approximate surface area is 240 Å². The van der Waals surface area contributed by atoms with Crippen molar-refractivity contribution in [3.8, 4) is 11.5 Å². The van der Waals surface area contributed by atoms with Crippen molar-refractivity contribution in [1.82, 2.24) is 29.7 Å². The number of nitrogens with zero attached hydrogens (tertiary/aromatic N) is 6. The van der Waals surface area contributed by atoms with Gasteiger partial charge in [0, 0.05) is 24.8 Å². The van der Waals surface area contributed by atoms with Crippen LogP contribution in [0.2, 0.25) is 5.15 Å². The van der Waals surface area contributed by atoms with Gasteiger partial charge in [0.15, 0.2) is 11.5 Å². The Hall–Kier alpha value is -3.85. The molecule has 216 valence electrons. The molecule has 5 rings (SSSR count). The summed E-state index contributed by atoms with van der Waals surface area (Å²) in [6, 6.07) is 3.12. The third-order valence-corrected chi connectivity index (χ3v) is 8.23. The van der Waals surface area contributed by atoms with Gasteiger partial charge in [-0.3, -0.25) is 9.59 Å². The average Bonchev–Trinajstić information content (AvgIpc) is 3.53. The largest absolute Gasteiger partial charge is 0.481 e. The molecule has 0 saturated heterocycles. The van der Waals surface area contributed by atoms with Crippen LogP contribution in [0.1, 0.15) is 49.9 Å². The molecule has 0 spiro atoms. The van der Waals surface area contributed by atoms with Crippen LogP contribution < -0.4 is 11.1 Å². The van der Waals surface area contributed by atoms with E-state index in [2.05, 4.69) is 30.4 Å². The number of nitrogens with two attached hydrogens (primary N) is 1. The molecule has 4 aromatic heterocycles. The quantitative estimate of drug-likeness (QED) is 0.238. The second kappa shape index (κ2) is 9.91. The van der Waals surface area contributed by atoms with E-state index in [9.17, 15) is 27.9 Å². The van der Waals surface area contributed by atoms with E-state index in [1.165, 1.54) is 22.1 Å². The molecule has 0 fully saturated rings. The number of nitrogen functional groups attached to an aromatic ring is 1. The molecule has 0 aliphatic carbocycles. The van der Waals surface area contributed by atoms with Gasteiger partial charge in [0.05, 0.1) is 22.1 Å². The van der Waals surface area contributed by atoms with E-state index in [1.807, 2.05) is 0 Å². The SMILES string of the molecule is CC(C)(Cc1csc([C@@]2(C)C(=O)Nc3nc(-c4nn(CCCC(F)(F)F)c5nc(Cl)ccc45)nc(N)c32)n1)C(=O)O. The van der Waals surface area contributed by atoms with Gasteiger partial charge in [-0.1, -0.05) is 11.6 Å².